The molecule has 1 aliphatic rings. The minimum absolute atomic E-state index is 0.0914. The number of hydrogen-bond donors (Lipinski definition) is 3. The number of carbonyl (C=O) groups excluding carboxylic acids is 2. The van der Waals surface area contributed by atoms with Gasteiger partial charge in [0.05, 0.1) is 17.7 Å². The first-order chi connectivity index (χ1) is 18.8. The number of rotatable bonds is 10. The van der Waals surface area contributed by atoms with Crippen molar-refractivity contribution >= 4 is 45.0 Å². The number of nitrogens with zero attached hydrogens (tertiary/aromatic N) is 5. The van der Waals surface area contributed by atoms with E-state index in [0.29, 0.717) is 54.5 Å². The van der Waals surface area contributed by atoms with Gasteiger partial charge in [0, 0.05) is 73.7 Å². The third-order valence-corrected chi connectivity index (χ3v) is 6.50. The summed E-state index contributed by atoms with van der Waals surface area (Å²) in [4.78, 5) is 35.9. The molecule has 2 amide bonds. The van der Waals surface area contributed by atoms with Crippen molar-refractivity contribution in [3.8, 4) is 6.01 Å². The summed E-state index contributed by atoms with van der Waals surface area (Å²) in [7, 11) is 1.70. The summed E-state index contributed by atoms with van der Waals surface area (Å²) in [6.07, 6.45) is 5.41. The van der Waals surface area contributed by atoms with Crippen molar-refractivity contribution < 1.29 is 18.7 Å². The maximum absolute atomic E-state index is 14.6. The lowest BCUT2D eigenvalue weighted by Gasteiger charge is -2.16. The van der Waals surface area contributed by atoms with Gasteiger partial charge >= 0.3 is 6.01 Å². The Morgan fingerprint density at radius 1 is 1.28 bits per heavy atom. The predicted octanol–water partition coefficient (Wildman–Crippen LogP) is 3.06. The second kappa shape index (κ2) is 11.2. The van der Waals surface area contributed by atoms with Gasteiger partial charge in [-0.25, -0.2) is 9.37 Å². The van der Waals surface area contributed by atoms with Crippen LogP contribution in [-0.2, 0) is 11.8 Å². The molecule has 204 valence electrons. The number of aromatic nitrogens is 4. The highest BCUT2D eigenvalue weighted by Gasteiger charge is 2.20. The summed E-state index contributed by atoms with van der Waals surface area (Å²) in [6.45, 7) is 4.11. The predicted molar refractivity (Wildman–Crippen MR) is 146 cm³/mol. The van der Waals surface area contributed by atoms with Gasteiger partial charge in [0.25, 0.3) is 5.91 Å². The van der Waals surface area contributed by atoms with Crippen LogP contribution in [0.25, 0.3) is 21.8 Å². The molecule has 0 unspecified atom stereocenters. The van der Waals surface area contributed by atoms with E-state index in [2.05, 4.69) is 25.7 Å². The Bertz CT molecular complexity index is 1540. The molecule has 1 fully saturated rings. The number of halogens is 1. The summed E-state index contributed by atoms with van der Waals surface area (Å²) in [6, 6.07) is 6.35. The molecular weight excluding hydrogens is 503 g/mol. The van der Waals surface area contributed by atoms with Gasteiger partial charge in [-0.3, -0.25) is 14.3 Å². The maximum Gasteiger partial charge on any atom is 0.316 e. The molecule has 39 heavy (non-hydrogen) atoms. The third-order valence-electron chi connectivity index (χ3n) is 6.50. The second-order valence-electron chi connectivity index (χ2n) is 9.77. The number of nitrogens with two attached hydrogens (primary N) is 1. The van der Waals surface area contributed by atoms with Crippen LogP contribution in [-0.4, -0.2) is 68.7 Å². The minimum Gasteiger partial charge on any atom is -0.463 e. The first kappa shape index (κ1) is 26.3. The average molecular weight is 535 g/mol. The Morgan fingerprint density at radius 3 is 2.90 bits per heavy atom. The number of aryl methyl sites for hydroxylation is 1. The van der Waals surface area contributed by atoms with Crippen molar-refractivity contribution in [1.29, 1.82) is 0 Å². The Morgan fingerprint density at radius 2 is 2.13 bits per heavy atom. The largest absolute Gasteiger partial charge is 0.463 e. The molecule has 11 nitrogen and oxygen atoms in total. The van der Waals surface area contributed by atoms with Crippen molar-refractivity contribution in [2.45, 2.75) is 32.2 Å². The van der Waals surface area contributed by atoms with Crippen molar-refractivity contribution in [3.63, 3.8) is 0 Å². The molecule has 1 atom stereocenters. The molecule has 0 spiro atoms. The summed E-state index contributed by atoms with van der Waals surface area (Å²) < 4.78 is 21.9. The Kier molecular flexibility index (Phi) is 7.55. The van der Waals surface area contributed by atoms with Crippen LogP contribution in [0.15, 0.2) is 36.7 Å². The summed E-state index contributed by atoms with van der Waals surface area (Å²) >= 11 is 0. The van der Waals surface area contributed by atoms with E-state index in [-0.39, 0.29) is 29.0 Å². The van der Waals surface area contributed by atoms with Crippen LogP contribution in [0.5, 0.6) is 6.01 Å². The molecule has 2 aromatic carbocycles. The van der Waals surface area contributed by atoms with Crippen molar-refractivity contribution in [1.82, 2.24) is 24.6 Å². The Labute approximate surface area is 224 Å². The fraction of sp³-hybridized carbons (Fsp3) is 0.370. The van der Waals surface area contributed by atoms with Gasteiger partial charge < -0.3 is 26.0 Å². The van der Waals surface area contributed by atoms with Crippen LogP contribution >= 0.6 is 0 Å². The molecule has 3 heterocycles. The van der Waals surface area contributed by atoms with E-state index in [1.165, 1.54) is 10.7 Å². The monoisotopic (exact) mass is 534 g/mol. The van der Waals surface area contributed by atoms with Crippen LogP contribution in [0.4, 0.5) is 15.8 Å². The number of benzene rings is 2. The molecule has 0 bridgehead atoms. The number of hydrogen-bond acceptors (Lipinski definition) is 8. The molecule has 4 aromatic rings. The van der Waals surface area contributed by atoms with Crippen LogP contribution in [0, 0.1) is 5.82 Å². The molecule has 4 N–H and O–H groups in total. The fourth-order valence-corrected chi connectivity index (χ4v) is 4.62. The molecule has 0 aliphatic carbocycles. The van der Waals surface area contributed by atoms with E-state index in [1.54, 1.807) is 37.6 Å². The van der Waals surface area contributed by atoms with Crippen molar-refractivity contribution in [3.05, 3.63) is 48.0 Å². The summed E-state index contributed by atoms with van der Waals surface area (Å²) in [5.74, 6) is -0.821. The summed E-state index contributed by atoms with van der Waals surface area (Å²) in [5.41, 5.74) is 7.82. The molecule has 1 saturated heterocycles. The molecule has 0 radical (unpaired) electrons. The van der Waals surface area contributed by atoms with Crippen LogP contribution in [0.2, 0.25) is 0 Å². The Hall–Kier alpha value is -4.32. The standard InChI is InChI=1S/C27H31FN8O3/c1-16(29)13-30-22-7-6-19(26(38)32-18-11-17-15-35(2)34-24(17)21(28)12-18)25-20(22)14-31-27(33-25)39-10-4-9-36-8-3-5-23(36)37/h6-7,11-12,14-16,30H,3-5,8-10,13,29H2,1-2H3,(H,32,38)/t16-/m0/s1. The van der Waals surface area contributed by atoms with E-state index < -0.39 is 11.7 Å². The number of fused-ring (bicyclic) bond motifs is 2. The number of ether oxygens (including phenoxy) is 1. The van der Waals surface area contributed by atoms with E-state index >= 15 is 0 Å². The van der Waals surface area contributed by atoms with E-state index in [1.807, 2.05) is 11.8 Å². The first-order valence-corrected chi connectivity index (χ1v) is 12.9. The summed E-state index contributed by atoms with van der Waals surface area (Å²) in [5, 5.41) is 11.3. The number of nitrogens with one attached hydrogen (secondary N) is 2. The van der Waals surface area contributed by atoms with Gasteiger partial charge in [-0.2, -0.15) is 10.1 Å². The van der Waals surface area contributed by atoms with Gasteiger partial charge in [0.2, 0.25) is 5.91 Å². The number of carbonyl (C=O) groups is 2. The molecule has 1 aliphatic heterocycles. The molecule has 0 saturated carbocycles. The molecule has 2 aromatic heterocycles. The highest BCUT2D eigenvalue weighted by molar-refractivity contribution is 6.14. The van der Waals surface area contributed by atoms with Gasteiger partial charge in [-0.1, -0.05) is 0 Å². The fourth-order valence-electron chi connectivity index (χ4n) is 4.62. The van der Waals surface area contributed by atoms with E-state index in [9.17, 15) is 14.0 Å². The minimum atomic E-state index is -0.530. The average Bonchev–Trinajstić information content (AvgIpc) is 3.49. The highest BCUT2D eigenvalue weighted by Crippen LogP contribution is 2.28. The molecule has 5 rings (SSSR count). The zero-order valence-electron chi connectivity index (χ0n) is 21.9. The number of anilines is 2. The first-order valence-electron chi connectivity index (χ1n) is 12.9. The normalized spacial score (nSPS) is 14.3. The van der Waals surface area contributed by atoms with Crippen LogP contribution in [0.1, 0.15) is 36.5 Å². The topological polar surface area (TPSA) is 140 Å². The highest BCUT2D eigenvalue weighted by atomic mass is 19.1. The lowest BCUT2D eigenvalue weighted by molar-refractivity contribution is -0.127. The van der Waals surface area contributed by atoms with Gasteiger partial charge in [0.15, 0.2) is 5.82 Å². The van der Waals surface area contributed by atoms with E-state index in [4.69, 9.17) is 10.5 Å². The number of likely N-dealkylation sites (tertiary alicyclic amines) is 1. The van der Waals surface area contributed by atoms with Crippen LogP contribution in [0.3, 0.4) is 0 Å². The second-order valence-corrected chi connectivity index (χ2v) is 9.77. The SMILES string of the molecule is C[C@H](N)CNc1ccc(C(=O)Nc2cc(F)c3nn(C)cc3c2)c2nc(OCCCN3CCCC3=O)ncc12. The van der Waals surface area contributed by atoms with Crippen molar-refractivity contribution in [2.75, 3.05) is 36.9 Å². The van der Waals surface area contributed by atoms with Gasteiger partial charge in [-0.15, -0.1) is 0 Å². The molecule has 12 heteroatoms. The lowest BCUT2D eigenvalue weighted by Crippen LogP contribution is -2.26. The Balaban J connectivity index is 1.39. The maximum atomic E-state index is 14.6. The third kappa shape index (κ3) is 5.90. The quantitative estimate of drug-likeness (QED) is 0.264. The number of amides is 2. The van der Waals surface area contributed by atoms with E-state index in [0.717, 1.165) is 18.7 Å². The lowest BCUT2D eigenvalue weighted by atomic mass is 10.1. The van der Waals surface area contributed by atoms with Gasteiger partial charge in [-0.05, 0) is 44.0 Å². The zero-order chi connectivity index (χ0) is 27.5. The smallest absolute Gasteiger partial charge is 0.316 e. The van der Waals surface area contributed by atoms with Gasteiger partial charge in [0.1, 0.15) is 5.52 Å². The van der Waals surface area contributed by atoms with Crippen molar-refractivity contribution in [2.24, 2.45) is 12.8 Å². The molecular formula is C27H31FN8O3. The van der Waals surface area contributed by atoms with Crippen LogP contribution < -0.4 is 21.1 Å². The zero-order valence-corrected chi connectivity index (χ0v) is 21.9.